The molecule has 4 heteroatoms. The monoisotopic (exact) mass is 662 g/mol. The van der Waals surface area contributed by atoms with E-state index in [-0.39, 0.29) is 0 Å². The Labute approximate surface area is 297 Å². The van der Waals surface area contributed by atoms with Crippen LogP contribution in [0, 0.1) is 0 Å². The Hall–Kier alpha value is -7.04. The van der Waals surface area contributed by atoms with Gasteiger partial charge in [0, 0.05) is 43.8 Å². The summed E-state index contributed by atoms with van der Waals surface area (Å²) in [6, 6.07) is 55.2. The molecule has 0 aliphatic heterocycles. The van der Waals surface area contributed by atoms with Crippen molar-refractivity contribution in [2.75, 3.05) is 0 Å². The average Bonchev–Trinajstić information content (AvgIpc) is 3.88. The van der Waals surface area contributed by atoms with Gasteiger partial charge in [0.1, 0.15) is 22.3 Å². The van der Waals surface area contributed by atoms with Crippen molar-refractivity contribution in [1.29, 1.82) is 0 Å². The summed E-state index contributed by atoms with van der Waals surface area (Å²) in [5, 5.41) is 7.08. The molecule has 0 unspecified atom stereocenters. The van der Waals surface area contributed by atoms with E-state index in [1.165, 1.54) is 38.4 Å². The molecular weight excluding hydrogens is 637 g/mol. The molecule has 0 fully saturated rings. The quantitative estimate of drug-likeness (QED) is 0.189. The van der Waals surface area contributed by atoms with E-state index in [1.807, 2.05) is 42.5 Å². The van der Waals surface area contributed by atoms with Crippen molar-refractivity contribution in [3.05, 3.63) is 158 Å². The van der Waals surface area contributed by atoms with Gasteiger partial charge in [-0.25, -0.2) is 9.97 Å². The topological polar surface area (TPSA) is 52.1 Å². The van der Waals surface area contributed by atoms with E-state index < -0.39 is 0 Å². The smallest absolute Gasteiger partial charge is 0.143 e. The average molecular weight is 663 g/mol. The number of para-hydroxylation sites is 4. The summed E-state index contributed by atoms with van der Waals surface area (Å²) < 4.78 is 13.0. The van der Waals surface area contributed by atoms with Crippen LogP contribution in [0.3, 0.4) is 0 Å². The molecular formula is C48H26N2O2. The Morgan fingerprint density at radius 3 is 1.87 bits per heavy atom. The number of benzene rings is 8. The molecule has 0 radical (unpaired) electrons. The molecule has 8 aromatic carbocycles. The van der Waals surface area contributed by atoms with Gasteiger partial charge in [0.15, 0.2) is 0 Å². The van der Waals surface area contributed by atoms with Gasteiger partial charge in [-0.1, -0.05) is 115 Å². The lowest BCUT2D eigenvalue weighted by atomic mass is 9.95. The fourth-order valence-electron chi connectivity index (χ4n) is 8.48. The molecule has 12 rings (SSSR count). The first-order valence-electron chi connectivity index (χ1n) is 17.6. The van der Waals surface area contributed by atoms with Crippen molar-refractivity contribution < 1.29 is 8.83 Å². The highest BCUT2D eigenvalue weighted by Crippen LogP contribution is 2.52. The van der Waals surface area contributed by atoms with E-state index in [4.69, 9.17) is 18.8 Å². The van der Waals surface area contributed by atoms with E-state index in [1.54, 1.807) is 0 Å². The molecule has 0 saturated heterocycles. The molecule has 4 nitrogen and oxygen atoms in total. The molecule has 11 aromatic rings. The van der Waals surface area contributed by atoms with Gasteiger partial charge in [0.25, 0.3) is 0 Å². The molecule has 0 N–H and O–H groups in total. The number of rotatable bonds is 3. The highest BCUT2D eigenvalue weighted by Gasteiger charge is 2.26. The molecule has 1 aliphatic carbocycles. The number of hydrogen-bond donors (Lipinski definition) is 0. The predicted molar refractivity (Wildman–Crippen MR) is 212 cm³/mol. The Balaban J connectivity index is 1.00. The Kier molecular flexibility index (Phi) is 5.47. The fourth-order valence-corrected chi connectivity index (χ4v) is 8.48. The van der Waals surface area contributed by atoms with E-state index in [2.05, 4.69) is 115 Å². The summed E-state index contributed by atoms with van der Waals surface area (Å²) in [7, 11) is 0. The third kappa shape index (κ3) is 3.81. The first kappa shape index (κ1) is 27.7. The third-order valence-electron chi connectivity index (χ3n) is 10.8. The minimum atomic E-state index is 0.818. The van der Waals surface area contributed by atoms with Crippen molar-refractivity contribution in [2.45, 2.75) is 0 Å². The summed E-state index contributed by atoms with van der Waals surface area (Å²) in [6.45, 7) is 0. The first-order chi connectivity index (χ1) is 25.8. The summed E-state index contributed by atoms with van der Waals surface area (Å²) in [6.07, 6.45) is 0. The normalized spacial score (nSPS) is 12.2. The maximum atomic E-state index is 6.72. The van der Waals surface area contributed by atoms with Gasteiger partial charge < -0.3 is 8.83 Å². The molecule has 0 bridgehead atoms. The van der Waals surface area contributed by atoms with Gasteiger partial charge in [-0.05, 0) is 75.5 Å². The van der Waals surface area contributed by atoms with E-state index >= 15 is 0 Å². The van der Waals surface area contributed by atoms with Crippen molar-refractivity contribution in [1.82, 2.24) is 9.97 Å². The first-order valence-corrected chi connectivity index (χ1v) is 17.6. The summed E-state index contributed by atoms with van der Waals surface area (Å²) in [5.41, 5.74) is 16.0. The van der Waals surface area contributed by atoms with Crippen LogP contribution >= 0.6 is 0 Å². The minimum absolute atomic E-state index is 0.818. The van der Waals surface area contributed by atoms with E-state index in [0.29, 0.717) is 0 Å². The van der Waals surface area contributed by atoms with Crippen LogP contribution in [0.1, 0.15) is 0 Å². The number of fused-ring (bicyclic) bond motifs is 11. The number of hydrogen-bond acceptors (Lipinski definition) is 4. The number of furan rings is 2. The van der Waals surface area contributed by atoms with Crippen LogP contribution in [-0.4, -0.2) is 9.97 Å². The van der Waals surface area contributed by atoms with E-state index in [9.17, 15) is 0 Å². The van der Waals surface area contributed by atoms with Gasteiger partial charge in [-0.15, -0.1) is 0 Å². The van der Waals surface area contributed by atoms with Crippen LogP contribution in [0.2, 0.25) is 0 Å². The standard InChI is InChI=1S/C48H26N2O2/c1-4-17-40-32(10-1)33-23-22-30(26-42(33)51-40)47-46(49-38-15-2-3-16-39(38)50-47)29-20-18-27(19-21-29)31-11-7-14-37-45-41(52-48(31)37)25-24-35-34-12-5-8-28-9-6-13-36(43(28)34)44(35)45/h1-26H. The molecule has 0 atom stereocenters. The molecule has 0 amide bonds. The van der Waals surface area contributed by atoms with Crippen molar-refractivity contribution in [3.63, 3.8) is 0 Å². The maximum Gasteiger partial charge on any atom is 0.143 e. The molecule has 240 valence electrons. The van der Waals surface area contributed by atoms with Gasteiger partial charge in [0.2, 0.25) is 0 Å². The lowest BCUT2D eigenvalue weighted by molar-refractivity contribution is 0.669. The van der Waals surface area contributed by atoms with Crippen LogP contribution in [-0.2, 0) is 0 Å². The maximum absolute atomic E-state index is 6.72. The molecule has 3 aromatic heterocycles. The zero-order valence-electron chi connectivity index (χ0n) is 27.7. The van der Waals surface area contributed by atoms with Gasteiger partial charge >= 0.3 is 0 Å². The third-order valence-corrected chi connectivity index (χ3v) is 10.8. The van der Waals surface area contributed by atoms with Crippen LogP contribution in [0.5, 0.6) is 0 Å². The summed E-state index contributed by atoms with van der Waals surface area (Å²) in [4.78, 5) is 10.3. The molecule has 0 saturated carbocycles. The Morgan fingerprint density at radius 1 is 0.365 bits per heavy atom. The van der Waals surface area contributed by atoms with Crippen LogP contribution < -0.4 is 0 Å². The Bertz CT molecular complexity index is 3290. The lowest BCUT2D eigenvalue weighted by Crippen LogP contribution is -1.95. The molecule has 1 aliphatic rings. The SMILES string of the molecule is c1cc2c3c(cccc3c1)-c1c-2ccc2oc3c(-c4ccc(-c5nc6ccccc6nc5-c5ccc6c(c5)oc5ccccc56)cc4)cccc3c12. The predicted octanol–water partition coefficient (Wildman–Crippen LogP) is 13.2. The van der Waals surface area contributed by atoms with E-state index in [0.717, 1.165) is 83.2 Å². The zero-order chi connectivity index (χ0) is 33.9. The Morgan fingerprint density at radius 2 is 1.02 bits per heavy atom. The van der Waals surface area contributed by atoms with Crippen molar-refractivity contribution in [3.8, 4) is 55.9 Å². The second-order valence-corrected chi connectivity index (χ2v) is 13.7. The molecule has 0 spiro atoms. The highest BCUT2D eigenvalue weighted by molar-refractivity contribution is 6.26. The number of nitrogens with zero attached hydrogens (tertiary/aromatic N) is 2. The lowest BCUT2D eigenvalue weighted by Gasteiger charge is -2.11. The molecule has 3 heterocycles. The number of aromatic nitrogens is 2. The fraction of sp³-hybridized carbons (Fsp3) is 0. The van der Waals surface area contributed by atoms with Crippen LogP contribution in [0.25, 0.3) is 122 Å². The van der Waals surface area contributed by atoms with Gasteiger partial charge in [-0.3, -0.25) is 0 Å². The molecule has 52 heavy (non-hydrogen) atoms. The summed E-state index contributed by atoms with van der Waals surface area (Å²) >= 11 is 0. The van der Waals surface area contributed by atoms with Gasteiger partial charge in [0.05, 0.1) is 22.4 Å². The van der Waals surface area contributed by atoms with Crippen molar-refractivity contribution >= 4 is 65.7 Å². The van der Waals surface area contributed by atoms with Gasteiger partial charge in [-0.2, -0.15) is 0 Å². The van der Waals surface area contributed by atoms with Crippen LogP contribution in [0.4, 0.5) is 0 Å². The highest BCUT2D eigenvalue weighted by atomic mass is 16.3. The van der Waals surface area contributed by atoms with Crippen molar-refractivity contribution in [2.24, 2.45) is 0 Å². The second kappa shape index (κ2) is 10.3. The summed E-state index contributed by atoms with van der Waals surface area (Å²) in [5.74, 6) is 0. The zero-order valence-corrected chi connectivity index (χ0v) is 27.7. The van der Waals surface area contributed by atoms with Crippen LogP contribution in [0.15, 0.2) is 167 Å². The second-order valence-electron chi connectivity index (χ2n) is 13.7. The minimum Gasteiger partial charge on any atom is -0.456 e. The largest absolute Gasteiger partial charge is 0.456 e.